The monoisotopic (exact) mass is 578 g/mol. The van der Waals surface area contributed by atoms with Gasteiger partial charge in [0, 0.05) is 36.6 Å². The fourth-order valence-electron chi connectivity index (χ4n) is 6.99. The van der Waals surface area contributed by atoms with Crippen LogP contribution in [0.15, 0.2) is 35.0 Å². The lowest BCUT2D eigenvalue weighted by Gasteiger charge is -2.38. The van der Waals surface area contributed by atoms with E-state index in [1.54, 1.807) is 17.4 Å². The number of rotatable bonds is 8. The summed E-state index contributed by atoms with van der Waals surface area (Å²) >= 11 is 7.83. The van der Waals surface area contributed by atoms with Gasteiger partial charge in [0.25, 0.3) is 0 Å². The summed E-state index contributed by atoms with van der Waals surface area (Å²) in [7, 11) is 2.13. The number of hydrogen-bond acceptors (Lipinski definition) is 5. The highest BCUT2D eigenvalue weighted by Gasteiger charge is 2.57. The molecule has 4 heterocycles. The smallest absolute Gasteiger partial charge is 0.333 e. The van der Waals surface area contributed by atoms with Crippen LogP contribution in [0.3, 0.4) is 0 Å². The minimum Gasteiger partial charge on any atom is -0.479 e. The lowest BCUT2D eigenvalue weighted by atomic mass is 9.69. The molecule has 1 N–H and O–H groups in total. The Labute approximate surface area is 242 Å². The number of likely N-dealkylation sites (tertiary alicyclic amines) is 2. The zero-order valence-corrected chi connectivity index (χ0v) is 25.2. The molecule has 39 heavy (non-hydrogen) atoms. The summed E-state index contributed by atoms with van der Waals surface area (Å²) in [5.41, 5.74) is 2.12. The second kappa shape index (κ2) is 13.4. The van der Waals surface area contributed by atoms with Gasteiger partial charge in [-0.05, 0) is 98.1 Å². The van der Waals surface area contributed by atoms with E-state index < -0.39 is 12.1 Å². The first-order valence-electron chi connectivity index (χ1n) is 14.5. The summed E-state index contributed by atoms with van der Waals surface area (Å²) in [5.74, 6) is -0.403. The van der Waals surface area contributed by atoms with Crippen LogP contribution in [0.2, 0.25) is 5.02 Å². The van der Waals surface area contributed by atoms with Gasteiger partial charge in [-0.15, -0.1) is 0 Å². The third-order valence-electron chi connectivity index (χ3n) is 8.91. The van der Waals surface area contributed by atoms with Crippen LogP contribution in [-0.2, 0) is 16.1 Å². The normalized spacial score (nSPS) is 24.5. The lowest BCUT2D eigenvalue weighted by Crippen LogP contribution is -2.43. The molecule has 8 heteroatoms. The summed E-state index contributed by atoms with van der Waals surface area (Å²) in [5, 5.41) is 14.5. The number of aliphatic carboxylic acids is 1. The van der Waals surface area contributed by atoms with Crippen LogP contribution >= 0.6 is 22.9 Å². The third kappa shape index (κ3) is 7.42. The van der Waals surface area contributed by atoms with E-state index >= 15 is 0 Å². The Balaban J connectivity index is 0.000000181. The van der Waals surface area contributed by atoms with Crippen molar-refractivity contribution >= 4 is 28.9 Å². The van der Waals surface area contributed by atoms with Crippen LogP contribution < -0.4 is 0 Å². The molecule has 5 nitrogen and oxygen atoms in total. The zero-order valence-electron chi connectivity index (χ0n) is 23.6. The highest BCUT2D eigenvalue weighted by molar-refractivity contribution is 7.08. The first kappa shape index (κ1) is 30.4. The first-order chi connectivity index (χ1) is 18.7. The van der Waals surface area contributed by atoms with Crippen LogP contribution in [0.1, 0.15) is 82.3 Å². The quantitative estimate of drug-likeness (QED) is 0.353. The Morgan fingerprint density at radius 1 is 1.18 bits per heavy atom. The molecule has 3 aliphatic heterocycles. The van der Waals surface area contributed by atoms with Crippen LogP contribution in [-0.4, -0.2) is 65.8 Å². The Hall–Kier alpha value is -1.51. The maximum atomic E-state index is 13.0. The molecule has 0 saturated carbocycles. The van der Waals surface area contributed by atoms with Gasteiger partial charge in [-0.1, -0.05) is 44.4 Å². The number of thiophene rings is 1. The molecule has 2 aromatic rings. The molecule has 2 atom stereocenters. The molecule has 216 valence electrons. The highest BCUT2D eigenvalue weighted by atomic mass is 35.5. The van der Waals surface area contributed by atoms with E-state index in [0.29, 0.717) is 10.9 Å². The second-order valence-corrected chi connectivity index (χ2v) is 13.1. The van der Waals surface area contributed by atoms with E-state index in [4.69, 9.17) is 16.3 Å². The molecule has 0 bridgehead atoms. The van der Waals surface area contributed by atoms with Crippen LogP contribution in [0.4, 0.5) is 4.39 Å². The van der Waals surface area contributed by atoms with E-state index in [1.165, 1.54) is 24.1 Å². The average molecular weight is 579 g/mol. The van der Waals surface area contributed by atoms with Crippen molar-refractivity contribution in [2.45, 2.75) is 89.4 Å². The van der Waals surface area contributed by atoms with Gasteiger partial charge in [0.15, 0.2) is 6.10 Å². The minimum atomic E-state index is -0.761. The van der Waals surface area contributed by atoms with Crippen LogP contribution in [0.5, 0.6) is 0 Å². The molecular formula is C31H44ClFN2O3S. The van der Waals surface area contributed by atoms with Gasteiger partial charge in [-0.2, -0.15) is 11.3 Å². The topological polar surface area (TPSA) is 53.0 Å². The van der Waals surface area contributed by atoms with E-state index in [9.17, 15) is 14.3 Å². The number of carboxylic acid groups (broad SMARTS) is 1. The molecule has 1 spiro atoms. The maximum Gasteiger partial charge on any atom is 0.333 e. The average Bonchev–Trinajstić information content (AvgIpc) is 3.64. The predicted octanol–water partition coefficient (Wildman–Crippen LogP) is 7.44. The number of ether oxygens (including phenoxy) is 1. The fourth-order valence-corrected chi connectivity index (χ4v) is 7.96. The minimum absolute atomic E-state index is 0.148. The van der Waals surface area contributed by atoms with E-state index in [1.807, 2.05) is 0 Å². The van der Waals surface area contributed by atoms with Gasteiger partial charge in [0.2, 0.25) is 0 Å². The standard InChI is InChI=1S/C16H29NO3.C15H15ClFNS/c1-4-6-15(7-5-2)12-16(20-13(15)14(18)19)8-10-17(3)11-9-16;16-15-7-14(17)2-1-12(15)9-18-5-3-11(8-18)13-4-6-19-10-13/h13H,4-12H2,1-3H3,(H,18,19);1-2,4,6-7,10-11H,3,5,8-9H2/t;11-/m.1/s1. The van der Waals surface area contributed by atoms with Gasteiger partial charge < -0.3 is 14.7 Å². The Bertz CT molecular complexity index is 1070. The third-order valence-corrected chi connectivity index (χ3v) is 9.97. The maximum absolute atomic E-state index is 13.0. The molecule has 3 saturated heterocycles. The first-order valence-corrected chi connectivity index (χ1v) is 15.8. The van der Waals surface area contributed by atoms with Crippen molar-refractivity contribution in [3.63, 3.8) is 0 Å². The van der Waals surface area contributed by atoms with Crippen molar-refractivity contribution in [1.29, 1.82) is 0 Å². The predicted molar refractivity (Wildman–Crippen MR) is 157 cm³/mol. The van der Waals surface area contributed by atoms with Gasteiger partial charge in [-0.3, -0.25) is 4.90 Å². The molecule has 3 aliphatic rings. The van der Waals surface area contributed by atoms with Crippen LogP contribution in [0, 0.1) is 11.2 Å². The molecule has 0 aliphatic carbocycles. The fraction of sp³-hybridized carbons (Fsp3) is 0.645. The van der Waals surface area contributed by atoms with Gasteiger partial charge in [0.1, 0.15) is 5.82 Å². The molecule has 1 unspecified atom stereocenters. The summed E-state index contributed by atoms with van der Waals surface area (Å²) < 4.78 is 19.2. The summed E-state index contributed by atoms with van der Waals surface area (Å²) in [6.07, 6.45) is 7.47. The van der Waals surface area contributed by atoms with Crippen molar-refractivity contribution in [1.82, 2.24) is 9.80 Å². The van der Waals surface area contributed by atoms with Crippen molar-refractivity contribution < 1.29 is 19.0 Å². The number of piperidine rings is 1. The zero-order chi connectivity index (χ0) is 28.0. The Morgan fingerprint density at radius 2 is 1.90 bits per heavy atom. The molecule has 1 aromatic carbocycles. The summed E-state index contributed by atoms with van der Waals surface area (Å²) in [6.45, 7) is 9.27. The lowest BCUT2D eigenvalue weighted by molar-refractivity contribution is -0.162. The van der Waals surface area contributed by atoms with Crippen molar-refractivity contribution in [2.24, 2.45) is 5.41 Å². The molecule has 0 amide bonds. The number of carboxylic acids is 1. The number of nitrogens with zero attached hydrogens (tertiary/aromatic N) is 2. The number of benzene rings is 1. The SMILES string of the molecule is CCCC1(CCC)CC2(CCN(C)CC2)OC1C(=O)O.Fc1ccc(CN2CC[C@@H](c3ccsc3)C2)c(Cl)c1. The van der Waals surface area contributed by atoms with Gasteiger partial charge >= 0.3 is 5.97 Å². The Morgan fingerprint density at radius 3 is 2.49 bits per heavy atom. The number of halogens is 2. The Kier molecular flexibility index (Phi) is 10.5. The number of carbonyl (C=O) groups is 1. The van der Waals surface area contributed by atoms with E-state index in [0.717, 1.165) is 83.2 Å². The molecule has 0 radical (unpaired) electrons. The molecule has 3 fully saturated rings. The van der Waals surface area contributed by atoms with Gasteiger partial charge in [-0.25, -0.2) is 9.18 Å². The molecule has 1 aromatic heterocycles. The van der Waals surface area contributed by atoms with Crippen molar-refractivity contribution in [3.8, 4) is 0 Å². The highest BCUT2D eigenvalue weighted by Crippen LogP contribution is 2.53. The number of hydrogen-bond donors (Lipinski definition) is 1. The van der Waals surface area contributed by atoms with E-state index in [2.05, 4.69) is 47.5 Å². The summed E-state index contributed by atoms with van der Waals surface area (Å²) in [4.78, 5) is 16.4. The second-order valence-electron chi connectivity index (χ2n) is 11.9. The molecular weight excluding hydrogens is 535 g/mol. The van der Waals surface area contributed by atoms with Crippen molar-refractivity contribution in [3.05, 3.63) is 57.0 Å². The van der Waals surface area contributed by atoms with E-state index in [-0.39, 0.29) is 16.8 Å². The summed E-state index contributed by atoms with van der Waals surface area (Å²) in [6, 6.07) is 6.87. The molecule has 5 rings (SSSR count). The van der Waals surface area contributed by atoms with Crippen molar-refractivity contribution in [2.75, 3.05) is 33.2 Å². The largest absolute Gasteiger partial charge is 0.479 e. The van der Waals surface area contributed by atoms with Gasteiger partial charge in [0.05, 0.1) is 5.60 Å². The van der Waals surface area contributed by atoms with Crippen LogP contribution in [0.25, 0.3) is 0 Å².